The molecule has 2 aromatic rings. The number of aliphatic carboxylic acids is 1. The summed E-state index contributed by atoms with van der Waals surface area (Å²) in [4.78, 5) is 13.7. The SMILES string of the molecule is CC(C(=O)O)c1cccc2c1N(Cc1ccccc1)CC2. The zero-order valence-corrected chi connectivity index (χ0v) is 12.1. The first-order chi connectivity index (χ1) is 10.2. The van der Waals surface area contributed by atoms with Crippen molar-refractivity contribution in [1.29, 1.82) is 0 Å². The molecular formula is C18H19NO2. The van der Waals surface area contributed by atoms with Gasteiger partial charge in [-0.1, -0.05) is 48.5 Å². The van der Waals surface area contributed by atoms with Crippen molar-refractivity contribution in [2.45, 2.75) is 25.8 Å². The third kappa shape index (κ3) is 2.64. The molecule has 0 saturated heterocycles. The average Bonchev–Trinajstić information content (AvgIpc) is 2.91. The number of hydrogen-bond acceptors (Lipinski definition) is 2. The normalized spacial score (nSPS) is 14.8. The summed E-state index contributed by atoms with van der Waals surface area (Å²) in [5.74, 6) is -1.24. The highest BCUT2D eigenvalue weighted by Gasteiger charge is 2.26. The fourth-order valence-corrected chi connectivity index (χ4v) is 3.01. The van der Waals surface area contributed by atoms with Crippen LogP contribution >= 0.6 is 0 Å². The Morgan fingerprint density at radius 1 is 1.19 bits per heavy atom. The smallest absolute Gasteiger partial charge is 0.310 e. The van der Waals surface area contributed by atoms with Gasteiger partial charge in [0.15, 0.2) is 0 Å². The number of carboxylic acids is 1. The Balaban J connectivity index is 1.95. The minimum Gasteiger partial charge on any atom is -0.481 e. The van der Waals surface area contributed by atoms with Crippen LogP contribution in [0.3, 0.4) is 0 Å². The van der Waals surface area contributed by atoms with Crippen molar-refractivity contribution < 1.29 is 9.90 Å². The molecule has 1 atom stereocenters. The molecule has 0 aromatic heterocycles. The van der Waals surface area contributed by atoms with E-state index in [4.69, 9.17) is 0 Å². The van der Waals surface area contributed by atoms with Gasteiger partial charge in [0.05, 0.1) is 5.92 Å². The molecule has 1 heterocycles. The maximum atomic E-state index is 11.3. The first-order valence-electron chi connectivity index (χ1n) is 7.30. The Bertz CT molecular complexity index is 652. The van der Waals surface area contributed by atoms with Crippen molar-refractivity contribution in [3.05, 3.63) is 65.2 Å². The van der Waals surface area contributed by atoms with E-state index in [1.807, 2.05) is 30.3 Å². The molecular weight excluding hydrogens is 262 g/mol. The van der Waals surface area contributed by atoms with Gasteiger partial charge in [0, 0.05) is 18.8 Å². The summed E-state index contributed by atoms with van der Waals surface area (Å²) in [6, 6.07) is 16.3. The standard InChI is InChI=1S/C18H19NO2/c1-13(18(20)21)16-9-5-8-15-10-11-19(17(15)16)12-14-6-3-2-4-7-14/h2-9,13H,10-12H2,1H3,(H,20,21). The van der Waals surface area contributed by atoms with Crippen LogP contribution in [-0.4, -0.2) is 17.6 Å². The molecule has 1 unspecified atom stereocenters. The fraction of sp³-hybridized carbons (Fsp3) is 0.278. The molecule has 0 amide bonds. The van der Waals surface area contributed by atoms with Gasteiger partial charge in [-0.2, -0.15) is 0 Å². The number of para-hydroxylation sites is 1. The molecule has 1 N–H and O–H groups in total. The lowest BCUT2D eigenvalue weighted by Crippen LogP contribution is -2.22. The van der Waals surface area contributed by atoms with Crippen LogP contribution in [0.25, 0.3) is 0 Å². The number of carbonyl (C=O) groups is 1. The molecule has 0 radical (unpaired) electrons. The highest BCUT2D eigenvalue weighted by molar-refractivity contribution is 5.80. The number of carboxylic acid groups (broad SMARTS) is 1. The molecule has 3 rings (SSSR count). The maximum absolute atomic E-state index is 11.3. The number of fused-ring (bicyclic) bond motifs is 1. The zero-order chi connectivity index (χ0) is 14.8. The summed E-state index contributed by atoms with van der Waals surface area (Å²) in [5.41, 5.74) is 4.56. The Kier molecular flexibility index (Phi) is 3.65. The lowest BCUT2D eigenvalue weighted by atomic mass is 9.96. The van der Waals surface area contributed by atoms with Crippen molar-refractivity contribution in [1.82, 2.24) is 0 Å². The van der Waals surface area contributed by atoms with E-state index in [2.05, 4.69) is 23.1 Å². The molecule has 1 aliphatic heterocycles. The predicted octanol–water partition coefficient (Wildman–Crippen LogP) is 3.44. The molecule has 3 nitrogen and oxygen atoms in total. The first-order valence-corrected chi connectivity index (χ1v) is 7.30. The third-order valence-electron chi connectivity index (χ3n) is 4.17. The number of anilines is 1. The molecule has 0 saturated carbocycles. The van der Waals surface area contributed by atoms with Gasteiger partial charge in [-0.05, 0) is 30.0 Å². The van der Waals surface area contributed by atoms with Crippen LogP contribution < -0.4 is 4.90 Å². The quantitative estimate of drug-likeness (QED) is 0.933. The van der Waals surface area contributed by atoms with Gasteiger partial charge in [0.2, 0.25) is 0 Å². The Labute approximate surface area is 124 Å². The summed E-state index contributed by atoms with van der Waals surface area (Å²) >= 11 is 0. The van der Waals surface area contributed by atoms with Crippen LogP contribution in [0.5, 0.6) is 0 Å². The maximum Gasteiger partial charge on any atom is 0.310 e. The summed E-state index contributed by atoms with van der Waals surface area (Å²) in [7, 11) is 0. The number of rotatable bonds is 4. The van der Waals surface area contributed by atoms with E-state index in [0.29, 0.717) is 0 Å². The first kappa shape index (κ1) is 13.7. The van der Waals surface area contributed by atoms with E-state index >= 15 is 0 Å². The van der Waals surface area contributed by atoms with Gasteiger partial charge in [-0.25, -0.2) is 0 Å². The van der Waals surface area contributed by atoms with Gasteiger partial charge in [0.1, 0.15) is 0 Å². The topological polar surface area (TPSA) is 40.5 Å². The largest absolute Gasteiger partial charge is 0.481 e. The molecule has 0 spiro atoms. The lowest BCUT2D eigenvalue weighted by Gasteiger charge is -2.24. The molecule has 2 aromatic carbocycles. The van der Waals surface area contributed by atoms with Gasteiger partial charge >= 0.3 is 5.97 Å². The lowest BCUT2D eigenvalue weighted by molar-refractivity contribution is -0.138. The van der Waals surface area contributed by atoms with E-state index in [-0.39, 0.29) is 0 Å². The van der Waals surface area contributed by atoms with Crippen molar-refractivity contribution in [2.75, 3.05) is 11.4 Å². The molecule has 0 fully saturated rings. The second-order valence-corrected chi connectivity index (χ2v) is 5.57. The van der Waals surface area contributed by atoms with Crippen LogP contribution in [0.15, 0.2) is 48.5 Å². The summed E-state index contributed by atoms with van der Waals surface area (Å²) in [6.45, 7) is 3.54. The minimum absolute atomic E-state index is 0.476. The highest BCUT2D eigenvalue weighted by atomic mass is 16.4. The van der Waals surface area contributed by atoms with E-state index in [0.717, 1.165) is 30.8 Å². The second kappa shape index (κ2) is 5.60. The monoisotopic (exact) mass is 281 g/mol. The third-order valence-corrected chi connectivity index (χ3v) is 4.17. The van der Waals surface area contributed by atoms with Gasteiger partial charge in [-0.15, -0.1) is 0 Å². The summed E-state index contributed by atoms with van der Waals surface area (Å²) in [5, 5.41) is 9.32. The van der Waals surface area contributed by atoms with Crippen LogP contribution in [0.1, 0.15) is 29.5 Å². The second-order valence-electron chi connectivity index (χ2n) is 5.57. The molecule has 0 bridgehead atoms. The summed E-state index contributed by atoms with van der Waals surface area (Å²) < 4.78 is 0. The van der Waals surface area contributed by atoms with Crippen LogP contribution in [0, 0.1) is 0 Å². The van der Waals surface area contributed by atoms with E-state index in [9.17, 15) is 9.90 Å². The highest BCUT2D eigenvalue weighted by Crippen LogP contribution is 2.36. The van der Waals surface area contributed by atoms with Crippen molar-refractivity contribution in [2.24, 2.45) is 0 Å². The number of benzene rings is 2. The Morgan fingerprint density at radius 3 is 2.67 bits per heavy atom. The van der Waals surface area contributed by atoms with Crippen molar-refractivity contribution in [3.8, 4) is 0 Å². The molecule has 108 valence electrons. The predicted molar refractivity (Wildman–Crippen MR) is 83.7 cm³/mol. The zero-order valence-electron chi connectivity index (χ0n) is 12.1. The molecule has 3 heteroatoms. The van der Waals surface area contributed by atoms with Gasteiger partial charge in [0.25, 0.3) is 0 Å². The van der Waals surface area contributed by atoms with Crippen LogP contribution in [0.4, 0.5) is 5.69 Å². The Hall–Kier alpha value is -2.29. The van der Waals surface area contributed by atoms with E-state index < -0.39 is 11.9 Å². The van der Waals surface area contributed by atoms with Gasteiger partial charge in [-0.3, -0.25) is 4.79 Å². The number of nitrogens with zero attached hydrogens (tertiary/aromatic N) is 1. The van der Waals surface area contributed by atoms with Gasteiger partial charge < -0.3 is 10.0 Å². The van der Waals surface area contributed by atoms with Crippen molar-refractivity contribution >= 4 is 11.7 Å². The Morgan fingerprint density at radius 2 is 1.95 bits per heavy atom. The summed E-state index contributed by atoms with van der Waals surface area (Å²) in [6.07, 6.45) is 0.988. The van der Waals surface area contributed by atoms with Crippen LogP contribution in [-0.2, 0) is 17.8 Å². The van der Waals surface area contributed by atoms with E-state index in [1.165, 1.54) is 11.1 Å². The average molecular weight is 281 g/mol. The van der Waals surface area contributed by atoms with Crippen LogP contribution in [0.2, 0.25) is 0 Å². The minimum atomic E-state index is -0.769. The molecule has 0 aliphatic carbocycles. The molecule has 21 heavy (non-hydrogen) atoms. The van der Waals surface area contributed by atoms with E-state index in [1.54, 1.807) is 6.92 Å². The van der Waals surface area contributed by atoms with Crippen molar-refractivity contribution in [3.63, 3.8) is 0 Å². The fourth-order valence-electron chi connectivity index (χ4n) is 3.01. The molecule has 1 aliphatic rings. The number of hydrogen-bond donors (Lipinski definition) is 1.